The van der Waals surface area contributed by atoms with Crippen molar-refractivity contribution in [3.63, 3.8) is 0 Å². The standard InChI is InChI=1S/C25H35FO4/c1-18(27)9-4-2-3-5-13-21-22(25(30)17-24(21)29)16-15-20(28)12-8-11-19-10-6-7-14-23(19)26/h6-7,10,14,20-22,24-25,28-30H,2-5,9,11,13,15-17H2,1H3/t20?,21-,22-,24+,25-/m1/s1. The van der Waals surface area contributed by atoms with Crippen LogP contribution in [0.15, 0.2) is 24.3 Å². The number of hydrogen-bond donors (Lipinski definition) is 3. The summed E-state index contributed by atoms with van der Waals surface area (Å²) in [6.45, 7) is 1.61. The molecule has 0 heterocycles. The Hall–Kier alpha value is -1.74. The molecule has 166 valence electrons. The van der Waals surface area contributed by atoms with E-state index < -0.39 is 18.3 Å². The number of rotatable bonds is 11. The first-order chi connectivity index (χ1) is 14.4. The van der Waals surface area contributed by atoms with Crippen LogP contribution in [0.2, 0.25) is 0 Å². The third-order valence-electron chi connectivity index (χ3n) is 6.12. The maximum Gasteiger partial charge on any atom is 0.129 e. The van der Waals surface area contributed by atoms with Crippen LogP contribution in [-0.2, 0) is 11.2 Å². The fourth-order valence-electron chi connectivity index (χ4n) is 4.42. The predicted molar refractivity (Wildman–Crippen MR) is 115 cm³/mol. The van der Waals surface area contributed by atoms with Crippen molar-refractivity contribution in [2.45, 2.75) is 89.4 Å². The van der Waals surface area contributed by atoms with Gasteiger partial charge in [0.2, 0.25) is 0 Å². The summed E-state index contributed by atoms with van der Waals surface area (Å²) in [4.78, 5) is 11.0. The van der Waals surface area contributed by atoms with Gasteiger partial charge < -0.3 is 20.1 Å². The number of Topliss-reactive ketones (excluding diaryl/α,β-unsaturated/α-hetero) is 1. The van der Waals surface area contributed by atoms with Gasteiger partial charge in [0.25, 0.3) is 0 Å². The van der Waals surface area contributed by atoms with Gasteiger partial charge >= 0.3 is 0 Å². The van der Waals surface area contributed by atoms with E-state index in [1.165, 1.54) is 6.07 Å². The van der Waals surface area contributed by atoms with E-state index in [0.29, 0.717) is 31.2 Å². The molecule has 1 aromatic rings. The summed E-state index contributed by atoms with van der Waals surface area (Å²) in [5.74, 6) is 5.52. The van der Waals surface area contributed by atoms with Crippen molar-refractivity contribution >= 4 is 5.78 Å². The minimum atomic E-state index is -0.825. The molecule has 1 aliphatic carbocycles. The number of halogens is 1. The number of carbonyl (C=O) groups is 1. The van der Waals surface area contributed by atoms with Gasteiger partial charge in [-0.1, -0.05) is 49.3 Å². The molecule has 5 heteroatoms. The van der Waals surface area contributed by atoms with Crippen LogP contribution in [-0.4, -0.2) is 39.4 Å². The van der Waals surface area contributed by atoms with Gasteiger partial charge in [-0.2, -0.15) is 0 Å². The molecule has 0 bridgehead atoms. The highest BCUT2D eigenvalue weighted by Crippen LogP contribution is 2.39. The molecule has 0 aromatic heterocycles. The second kappa shape index (κ2) is 12.8. The molecule has 0 saturated heterocycles. The van der Waals surface area contributed by atoms with E-state index >= 15 is 0 Å². The molecule has 1 unspecified atom stereocenters. The summed E-state index contributed by atoms with van der Waals surface area (Å²) in [6, 6.07) is 6.46. The minimum Gasteiger partial charge on any atom is -0.393 e. The molecule has 5 atom stereocenters. The van der Waals surface area contributed by atoms with Crippen molar-refractivity contribution < 1.29 is 24.5 Å². The summed E-state index contributed by atoms with van der Waals surface area (Å²) in [5, 5.41) is 30.9. The maximum atomic E-state index is 13.6. The Kier molecular flexibility index (Phi) is 10.5. The van der Waals surface area contributed by atoms with Gasteiger partial charge in [-0.05, 0) is 62.5 Å². The fraction of sp³-hybridized carbons (Fsp3) is 0.640. The van der Waals surface area contributed by atoms with Crippen molar-refractivity contribution in [3.05, 3.63) is 35.6 Å². The van der Waals surface area contributed by atoms with Gasteiger partial charge in [-0.25, -0.2) is 4.39 Å². The van der Waals surface area contributed by atoms with E-state index in [0.717, 1.165) is 32.1 Å². The largest absolute Gasteiger partial charge is 0.393 e. The first-order valence-corrected chi connectivity index (χ1v) is 11.1. The zero-order valence-corrected chi connectivity index (χ0v) is 17.9. The molecule has 30 heavy (non-hydrogen) atoms. The monoisotopic (exact) mass is 418 g/mol. The number of ketones is 1. The number of aliphatic hydroxyl groups excluding tert-OH is 3. The van der Waals surface area contributed by atoms with E-state index in [2.05, 4.69) is 11.8 Å². The van der Waals surface area contributed by atoms with Gasteiger partial charge in [0.05, 0.1) is 12.2 Å². The van der Waals surface area contributed by atoms with Crippen molar-refractivity contribution in [2.75, 3.05) is 0 Å². The van der Waals surface area contributed by atoms with E-state index in [-0.39, 0.29) is 29.9 Å². The van der Waals surface area contributed by atoms with Crippen molar-refractivity contribution in [1.82, 2.24) is 0 Å². The Bertz CT molecular complexity index is 723. The first kappa shape index (κ1) is 24.5. The van der Waals surface area contributed by atoms with Crippen LogP contribution in [0.5, 0.6) is 0 Å². The summed E-state index contributed by atoms with van der Waals surface area (Å²) in [5.41, 5.74) is 0.509. The maximum absolute atomic E-state index is 13.6. The second-order valence-corrected chi connectivity index (χ2v) is 8.54. The Balaban J connectivity index is 1.75. The van der Waals surface area contributed by atoms with E-state index in [1.807, 2.05) is 0 Å². The third kappa shape index (κ3) is 8.18. The van der Waals surface area contributed by atoms with Gasteiger partial charge in [0, 0.05) is 12.8 Å². The number of unbranched alkanes of at least 4 members (excludes halogenated alkanes) is 3. The molecule has 1 aromatic carbocycles. The average Bonchev–Trinajstić information content (AvgIpc) is 2.96. The first-order valence-electron chi connectivity index (χ1n) is 11.1. The zero-order chi connectivity index (χ0) is 21.9. The lowest BCUT2D eigenvalue weighted by molar-refractivity contribution is -0.117. The number of benzene rings is 1. The normalized spacial score (nSPS) is 24.3. The van der Waals surface area contributed by atoms with Crippen molar-refractivity contribution in [3.8, 4) is 11.8 Å². The van der Waals surface area contributed by atoms with Crippen LogP contribution in [0.1, 0.15) is 70.3 Å². The van der Waals surface area contributed by atoms with Gasteiger partial charge in [-0.3, -0.25) is 0 Å². The summed E-state index contributed by atoms with van der Waals surface area (Å²) in [6.07, 6.45) is 5.14. The minimum absolute atomic E-state index is 0.0337. The van der Waals surface area contributed by atoms with Crippen LogP contribution in [0.3, 0.4) is 0 Å². The average molecular weight is 419 g/mol. The zero-order valence-electron chi connectivity index (χ0n) is 17.9. The summed E-state index contributed by atoms with van der Waals surface area (Å²) < 4.78 is 13.6. The lowest BCUT2D eigenvalue weighted by atomic mass is 9.85. The highest BCUT2D eigenvalue weighted by molar-refractivity contribution is 5.75. The number of hydrogen-bond acceptors (Lipinski definition) is 4. The van der Waals surface area contributed by atoms with Crippen LogP contribution in [0.4, 0.5) is 4.39 Å². The molecule has 1 aliphatic rings. The quantitative estimate of drug-likeness (QED) is 0.377. The number of aliphatic hydroxyl groups is 3. The molecule has 0 amide bonds. The number of carbonyl (C=O) groups excluding carboxylic acids is 1. The Morgan fingerprint density at radius 1 is 1.10 bits per heavy atom. The lowest BCUT2D eigenvalue weighted by Crippen LogP contribution is -2.23. The smallest absolute Gasteiger partial charge is 0.129 e. The lowest BCUT2D eigenvalue weighted by Gasteiger charge is -2.24. The third-order valence-corrected chi connectivity index (χ3v) is 6.12. The molecule has 1 fully saturated rings. The van der Waals surface area contributed by atoms with Crippen molar-refractivity contribution in [1.29, 1.82) is 0 Å². The van der Waals surface area contributed by atoms with Gasteiger partial charge in [-0.15, -0.1) is 0 Å². The van der Waals surface area contributed by atoms with Gasteiger partial charge in [0.15, 0.2) is 0 Å². The second-order valence-electron chi connectivity index (χ2n) is 8.54. The van der Waals surface area contributed by atoms with E-state index in [1.54, 1.807) is 25.1 Å². The molecule has 2 rings (SSSR count). The van der Waals surface area contributed by atoms with Crippen LogP contribution in [0.25, 0.3) is 0 Å². The molecule has 0 spiro atoms. The van der Waals surface area contributed by atoms with E-state index in [9.17, 15) is 24.5 Å². The molecule has 3 N–H and O–H groups in total. The van der Waals surface area contributed by atoms with E-state index in [4.69, 9.17) is 0 Å². The molecular formula is C25H35FO4. The van der Waals surface area contributed by atoms with Crippen LogP contribution < -0.4 is 0 Å². The molecule has 0 aliphatic heterocycles. The molecule has 1 saturated carbocycles. The Labute approximate surface area is 179 Å². The Morgan fingerprint density at radius 3 is 2.47 bits per heavy atom. The van der Waals surface area contributed by atoms with Gasteiger partial charge in [0.1, 0.15) is 17.7 Å². The molecule has 4 nitrogen and oxygen atoms in total. The fourth-order valence-corrected chi connectivity index (χ4v) is 4.42. The van der Waals surface area contributed by atoms with Crippen LogP contribution >= 0.6 is 0 Å². The van der Waals surface area contributed by atoms with Crippen molar-refractivity contribution in [2.24, 2.45) is 11.8 Å². The predicted octanol–water partition coefficient (Wildman–Crippen LogP) is 3.80. The van der Waals surface area contributed by atoms with Crippen LogP contribution in [0, 0.1) is 29.5 Å². The Morgan fingerprint density at radius 2 is 1.77 bits per heavy atom. The highest BCUT2D eigenvalue weighted by atomic mass is 19.1. The molecule has 0 radical (unpaired) electrons. The summed E-state index contributed by atoms with van der Waals surface area (Å²) in [7, 11) is 0. The molecular weight excluding hydrogens is 383 g/mol. The summed E-state index contributed by atoms with van der Waals surface area (Å²) >= 11 is 0. The topological polar surface area (TPSA) is 77.8 Å². The highest BCUT2D eigenvalue weighted by Gasteiger charge is 2.40. The SMILES string of the molecule is CC(=O)CCCCCC[C@@H]1[C@@H](CCC(O)C#CCc2ccccc2F)[C@H](O)C[C@@H]1O.